The predicted molar refractivity (Wildman–Crippen MR) is 30.8 cm³/mol. The molecule has 0 aromatic carbocycles. The maximum atomic E-state index is 10.5. The molecule has 3 amide bonds. The average molecular weight is 128 g/mol. The number of rotatable bonds is 0. The minimum absolute atomic E-state index is 0.0220. The van der Waals surface area contributed by atoms with Gasteiger partial charge in [-0.2, -0.15) is 0 Å². The van der Waals surface area contributed by atoms with E-state index in [0.29, 0.717) is 6.42 Å². The lowest BCUT2D eigenvalue weighted by molar-refractivity contribution is -0.121. The van der Waals surface area contributed by atoms with Gasteiger partial charge in [0, 0.05) is 12.5 Å². The zero-order chi connectivity index (χ0) is 6.85. The molecule has 0 spiro atoms. The van der Waals surface area contributed by atoms with Crippen molar-refractivity contribution in [2.24, 2.45) is 0 Å². The molecule has 9 heavy (non-hydrogen) atoms. The van der Waals surface area contributed by atoms with Crippen molar-refractivity contribution in [1.29, 1.82) is 0 Å². The molecule has 1 aliphatic rings. The number of hydrogen-bond donors (Lipinski definition) is 2. The summed E-state index contributed by atoms with van der Waals surface area (Å²) in [5.41, 5.74) is 0. The van der Waals surface area contributed by atoms with Gasteiger partial charge in [-0.05, 0) is 6.92 Å². The van der Waals surface area contributed by atoms with Gasteiger partial charge in [-0.15, -0.1) is 0 Å². The van der Waals surface area contributed by atoms with Gasteiger partial charge in [0.15, 0.2) is 0 Å². The first-order valence-corrected chi connectivity index (χ1v) is 2.79. The van der Waals surface area contributed by atoms with E-state index in [0.717, 1.165) is 0 Å². The fourth-order valence-electron chi connectivity index (χ4n) is 0.767. The summed E-state index contributed by atoms with van der Waals surface area (Å²) in [6.07, 6.45) is 0.381. The molecule has 4 heteroatoms. The van der Waals surface area contributed by atoms with Crippen LogP contribution < -0.4 is 10.6 Å². The zero-order valence-electron chi connectivity index (χ0n) is 5.10. The monoisotopic (exact) mass is 128 g/mol. The minimum Gasteiger partial charge on any atom is -0.335 e. The molecule has 0 unspecified atom stereocenters. The molecule has 0 aromatic rings. The molecule has 1 atom stereocenters. The van der Waals surface area contributed by atoms with E-state index in [4.69, 9.17) is 0 Å². The highest BCUT2D eigenvalue weighted by atomic mass is 16.2. The summed E-state index contributed by atoms with van der Waals surface area (Å²) in [6, 6.07) is -0.412. The quantitative estimate of drug-likeness (QED) is 0.466. The van der Waals surface area contributed by atoms with Crippen molar-refractivity contribution in [2.75, 3.05) is 0 Å². The Morgan fingerprint density at radius 3 is 2.67 bits per heavy atom. The van der Waals surface area contributed by atoms with E-state index < -0.39 is 6.03 Å². The summed E-state index contributed by atoms with van der Waals surface area (Å²) < 4.78 is 0. The van der Waals surface area contributed by atoms with E-state index in [1.54, 1.807) is 6.92 Å². The van der Waals surface area contributed by atoms with E-state index in [9.17, 15) is 9.59 Å². The standard InChI is InChI=1S/C5H8N2O2/c1-3-2-4(8)7-5(9)6-3/h3H,2H2,1H3,(H2,6,7,8,9)/t3-/m1/s1. The van der Waals surface area contributed by atoms with Gasteiger partial charge in [-0.1, -0.05) is 0 Å². The first-order valence-electron chi connectivity index (χ1n) is 2.79. The average Bonchev–Trinajstić information content (AvgIpc) is 1.59. The third-order valence-electron chi connectivity index (χ3n) is 1.12. The van der Waals surface area contributed by atoms with Crippen molar-refractivity contribution in [3.05, 3.63) is 0 Å². The van der Waals surface area contributed by atoms with Gasteiger partial charge in [-0.3, -0.25) is 10.1 Å². The zero-order valence-corrected chi connectivity index (χ0v) is 5.10. The number of nitrogens with one attached hydrogen (secondary N) is 2. The molecule has 50 valence electrons. The fourth-order valence-corrected chi connectivity index (χ4v) is 0.767. The first kappa shape index (κ1) is 6.07. The summed E-state index contributed by atoms with van der Waals surface area (Å²) >= 11 is 0. The van der Waals surface area contributed by atoms with Gasteiger partial charge in [0.1, 0.15) is 0 Å². The fraction of sp³-hybridized carbons (Fsp3) is 0.600. The smallest absolute Gasteiger partial charge is 0.321 e. The number of amides is 3. The Morgan fingerprint density at radius 2 is 2.22 bits per heavy atom. The number of urea groups is 1. The molecule has 0 aromatic heterocycles. The maximum Gasteiger partial charge on any atom is 0.321 e. The van der Waals surface area contributed by atoms with Gasteiger partial charge in [0.05, 0.1) is 0 Å². The molecule has 4 nitrogen and oxygen atoms in total. The molecule has 1 heterocycles. The topological polar surface area (TPSA) is 58.2 Å². The van der Waals surface area contributed by atoms with E-state index in [-0.39, 0.29) is 11.9 Å². The summed E-state index contributed by atoms with van der Waals surface area (Å²) in [6.45, 7) is 1.79. The summed E-state index contributed by atoms with van der Waals surface area (Å²) in [5, 5.41) is 4.66. The van der Waals surface area contributed by atoms with E-state index in [1.807, 2.05) is 0 Å². The Morgan fingerprint density at radius 1 is 1.56 bits per heavy atom. The molecule has 0 bridgehead atoms. The van der Waals surface area contributed by atoms with Crippen molar-refractivity contribution in [2.45, 2.75) is 19.4 Å². The Bertz CT molecular complexity index is 139. The predicted octanol–water partition coefficient (Wildman–Crippen LogP) is -0.396. The highest BCUT2D eigenvalue weighted by Gasteiger charge is 2.19. The number of carbonyl (C=O) groups excluding carboxylic acids is 2. The normalized spacial score (nSPS) is 27.0. The SMILES string of the molecule is C[C@@H]1CC(=O)NC(=O)N1. The highest BCUT2D eigenvalue weighted by Crippen LogP contribution is 1.94. The number of imide groups is 1. The third-order valence-corrected chi connectivity index (χ3v) is 1.12. The van der Waals surface area contributed by atoms with Crippen LogP contribution in [0.15, 0.2) is 0 Å². The van der Waals surface area contributed by atoms with Crippen LogP contribution in [0.25, 0.3) is 0 Å². The Hall–Kier alpha value is -1.06. The van der Waals surface area contributed by atoms with Crippen LogP contribution in [0.1, 0.15) is 13.3 Å². The van der Waals surface area contributed by atoms with Crippen molar-refractivity contribution in [1.82, 2.24) is 10.6 Å². The van der Waals surface area contributed by atoms with E-state index >= 15 is 0 Å². The molecule has 2 N–H and O–H groups in total. The van der Waals surface area contributed by atoms with Gasteiger partial charge in [0.25, 0.3) is 0 Å². The Kier molecular flexibility index (Phi) is 1.38. The van der Waals surface area contributed by atoms with Crippen molar-refractivity contribution in [3.63, 3.8) is 0 Å². The third kappa shape index (κ3) is 1.42. The largest absolute Gasteiger partial charge is 0.335 e. The second-order valence-corrected chi connectivity index (χ2v) is 2.13. The highest BCUT2D eigenvalue weighted by molar-refractivity contribution is 5.97. The second-order valence-electron chi connectivity index (χ2n) is 2.13. The molecule has 1 fully saturated rings. The lowest BCUT2D eigenvalue weighted by Crippen LogP contribution is -2.50. The van der Waals surface area contributed by atoms with Crippen LogP contribution in [0.3, 0.4) is 0 Å². The molecule has 1 saturated heterocycles. The first-order chi connectivity index (χ1) is 4.18. The van der Waals surface area contributed by atoms with Crippen molar-refractivity contribution < 1.29 is 9.59 Å². The van der Waals surface area contributed by atoms with Gasteiger partial charge >= 0.3 is 6.03 Å². The van der Waals surface area contributed by atoms with Crippen LogP contribution >= 0.6 is 0 Å². The van der Waals surface area contributed by atoms with E-state index in [2.05, 4.69) is 10.6 Å². The molecule has 0 saturated carbocycles. The number of carbonyl (C=O) groups is 2. The van der Waals surface area contributed by atoms with E-state index in [1.165, 1.54) is 0 Å². The van der Waals surface area contributed by atoms with Gasteiger partial charge < -0.3 is 5.32 Å². The lowest BCUT2D eigenvalue weighted by Gasteiger charge is -2.18. The van der Waals surface area contributed by atoms with Crippen LogP contribution in [-0.2, 0) is 4.79 Å². The van der Waals surface area contributed by atoms with Crippen molar-refractivity contribution in [3.8, 4) is 0 Å². The van der Waals surface area contributed by atoms with Crippen molar-refractivity contribution >= 4 is 11.9 Å². The van der Waals surface area contributed by atoms with Crippen LogP contribution in [-0.4, -0.2) is 18.0 Å². The van der Waals surface area contributed by atoms with Gasteiger partial charge in [-0.25, -0.2) is 4.79 Å². The molecule has 1 aliphatic heterocycles. The van der Waals surface area contributed by atoms with Gasteiger partial charge in [0.2, 0.25) is 5.91 Å². The molecule has 0 radical (unpaired) electrons. The Balaban J connectivity index is 2.53. The van der Waals surface area contributed by atoms with Crippen LogP contribution in [0.2, 0.25) is 0 Å². The second kappa shape index (κ2) is 2.05. The Labute approximate surface area is 52.6 Å². The molecule has 0 aliphatic carbocycles. The summed E-state index contributed by atoms with van der Waals surface area (Å²) in [7, 11) is 0. The lowest BCUT2D eigenvalue weighted by atomic mass is 10.2. The summed E-state index contributed by atoms with van der Waals surface area (Å²) in [4.78, 5) is 21.0. The van der Waals surface area contributed by atoms with Crippen LogP contribution in [0.4, 0.5) is 4.79 Å². The van der Waals surface area contributed by atoms with Crippen LogP contribution in [0.5, 0.6) is 0 Å². The van der Waals surface area contributed by atoms with Crippen LogP contribution in [0, 0.1) is 0 Å². The molecular formula is C5H8N2O2. The maximum absolute atomic E-state index is 10.5. The molecular weight excluding hydrogens is 120 g/mol. The minimum atomic E-state index is -0.390. The number of hydrogen-bond acceptors (Lipinski definition) is 2. The molecule has 1 rings (SSSR count). The summed E-state index contributed by atoms with van der Waals surface area (Å²) in [5.74, 6) is -0.203.